The number of hydrogen-bond donors (Lipinski definition) is 0. The van der Waals surface area contributed by atoms with E-state index in [-0.39, 0.29) is 0 Å². The molecule has 0 aliphatic heterocycles. The molecule has 0 bridgehead atoms. The van der Waals surface area contributed by atoms with Gasteiger partial charge in [0.05, 0.1) is 0 Å². The van der Waals surface area contributed by atoms with Gasteiger partial charge in [-0.05, 0) is 30.4 Å². The fourth-order valence-corrected chi connectivity index (χ4v) is 1.49. The molecule has 0 heteroatoms. The molecular weight excluding hydrogens is 156 g/mol. The molecule has 70 valence electrons. The van der Waals surface area contributed by atoms with Crippen molar-refractivity contribution in [1.29, 1.82) is 0 Å². The highest BCUT2D eigenvalue weighted by molar-refractivity contribution is 5.65. The molecule has 1 aromatic rings. The molecule has 1 aromatic carbocycles. The third kappa shape index (κ3) is 3.06. The number of rotatable bonds is 3. The Balaban J connectivity index is 2.80. The van der Waals surface area contributed by atoms with E-state index in [4.69, 9.17) is 0 Å². The average Bonchev–Trinajstić information content (AvgIpc) is 2.15. The average molecular weight is 174 g/mol. The standard InChI is InChI=1S/C13H18/c1-4-12(10-11(2)3)13-8-6-5-7-9-13/h4-9,11H,10H2,1-3H3/b12-4-. The molecule has 13 heavy (non-hydrogen) atoms. The van der Waals surface area contributed by atoms with Crippen LogP contribution in [-0.4, -0.2) is 0 Å². The molecule has 0 heterocycles. The molecule has 0 saturated carbocycles. The molecule has 0 amide bonds. The van der Waals surface area contributed by atoms with E-state index in [0.29, 0.717) is 0 Å². The van der Waals surface area contributed by atoms with Crippen molar-refractivity contribution in [3.05, 3.63) is 42.0 Å². The van der Waals surface area contributed by atoms with Gasteiger partial charge in [-0.2, -0.15) is 0 Å². The van der Waals surface area contributed by atoms with Gasteiger partial charge >= 0.3 is 0 Å². The van der Waals surface area contributed by atoms with Crippen molar-refractivity contribution in [2.75, 3.05) is 0 Å². The quantitative estimate of drug-likeness (QED) is 0.646. The molecule has 0 unspecified atom stereocenters. The molecule has 0 aliphatic carbocycles. The van der Waals surface area contributed by atoms with Gasteiger partial charge in [-0.25, -0.2) is 0 Å². The molecule has 0 aromatic heterocycles. The summed E-state index contributed by atoms with van der Waals surface area (Å²) in [5, 5.41) is 0. The van der Waals surface area contributed by atoms with Crippen LogP contribution >= 0.6 is 0 Å². The summed E-state index contributed by atoms with van der Waals surface area (Å²) in [5.41, 5.74) is 2.81. The van der Waals surface area contributed by atoms with Crippen LogP contribution in [0.4, 0.5) is 0 Å². The van der Waals surface area contributed by atoms with Gasteiger partial charge in [0.25, 0.3) is 0 Å². The first-order chi connectivity index (χ1) is 6.24. The number of benzene rings is 1. The second-order valence-corrected chi connectivity index (χ2v) is 3.78. The van der Waals surface area contributed by atoms with Crippen molar-refractivity contribution in [1.82, 2.24) is 0 Å². The summed E-state index contributed by atoms with van der Waals surface area (Å²) in [6.45, 7) is 6.63. The van der Waals surface area contributed by atoms with E-state index in [9.17, 15) is 0 Å². The van der Waals surface area contributed by atoms with Crippen molar-refractivity contribution in [2.24, 2.45) is 5.92 Å². The Morgan fingerprint density at radius 2 is 1.85 bits per heavy atom. The van der Waals surface area contributed by atoms with Crippen LogP contribution in [0.1, 0.15) is 32.8 Å². The summed E-state index contributed by atoms with van der Waals surface area (Å²) in [7, 11) is 0. The summed E-state index contributed by atoms with van der Waals surface area (Å²) in [5.74, 6) is 0.728. The first kappa shape index (κ1) is 10.0. The van der Waals surface area contributed by atoms with Gasteiger partial charge in [-0.1, -0.05) is 50.3 Å². The van der Waals surface area contributed by atoms with E-state index >= 15 is 0 Å². The van der Waals surface area contributed by atoms with Gasteiger partial charge in [0.15, 0.2) is 0 Å². The summed E-state index contributed by atoms with van der Waals surface area (Å²) in [6.07, 6.45) is 3.38. The first-order valence-electron chi connectivity index (χ1n) is 4.94. The SMILES string of the molecule is C/C=C(/CC(C)C)c1ccccc1. The van der Waals surface area contributed by atoms with Gasteiger partial charge in [-0.3, -0.25) is 0 Å². The van der Waals surface area contributed by atoms with Gasteiger partial charge in [0.1, 0.15) is 0 Å². The van der Waals surface area contributed by atoms with Crippen LogP contribution in [0.5, 0.6) is 0 Å². The Hall–Kier alpha value is -1.04. The van der Waals surface area contributed by atoms with E-state index in [1.165, 1.54) is 17.6 Å². The summed E-state index contributed by atoms with van der Waals surface area (Å²) >= 11 is 0. The molecule has 0 radical (unpaired) electrons. The molecule has 0 N–H and O–H groups in total. The Morgan fingerprint density at radius 3 is 2.31 bits per heavy atom. The maximum absolute atomic E-state index is 2.26. The molecular formula is C13H18. The summed E-state index contributed by atoms with van der Waals surface area (Å²) in [4.78, 5) is 0. The van der Waals surface area contributed by atoms with Crippen molar-refractivity contribution in [2.45, 2.75) is 27.2 Å². The zero-order chi connectivity index (χ0) is 9.68. The van der Waals surface area contributed by atoms with Crippen molar-refractivity contribution < 1.29 is 0 Å². The Labute approximate surface area is 81.3 Å². The van der Waals surface area contributed by atoms with Gasteiger partial charge in [0.2, 0.25) is 0 Å². The smallest absolute Gasteiger partial charge is 0.0228 e. The number of hydrogen-bond acceptors (Lipinski definition) is 0. The van der Waals surface area contributed by atoms with Crippen LogP contribution < -0.4 is 0 Å². The molecule has 0 aliphatic rings. The van der Waals surface area contributed by atoms with Gasteiger partial charge in [0, 0.05) is 0 Å². The lowest BCUT2D eigenvalue weighted by Gasteiger charge is -2.09. The topological polar surface area (TPSA) is 0 Å². The van der Waals surface area contributed by atoms with Crippen LogP contribution in [0.15, 0.2) is 36.4 Å². The van der Waals surface area contributed by atoms with E-state index in [1.807, 2.05) is 0 Å². The Morgan fingerprint density at radius 1 is 1.23 bits per heavy atom. The van der Waals surface area contributed by atoms with Crippen molar-refractivity contribution in [3.8, 4) is 0 Å². The van der Waals surface area contributed by atoms with Gasteiger partial charge in [-0.15, -0.1) is 0 Å². The van der Waals surface area contributed by atoms with E-state index in [0.717, 1.165) is 5.92 Å². The number of allylic oxidation sites excluding steroid dienone is 2. The lowest BCUT2D eigenvalue weighted by atomic mass is 9.96. The van der Waals surface area contributed by atoms with E-state index < -0.39 is 0 Å². The fraction of sp³-hybridized carbons (Fsp3) is 0.385. The van der Waals surface area contributed by atoms with Crippen LogP contribution in [0.2, 0.25) is 0 Å². The molecule has 0 nitrogen and oxygen atoms in total. The summed E-state index contributed by atoms with van der Waals surface area (Å²) in [6, 6.07) is 10.6. The van der Waals surface area contributed by atoms with Gasteiger partial charge < -0.3 is 0 Å². The molecule has 0 atom stereocenters. The molecule has 1 rings (SSSR count). The Kier molecular flexibility index (Phi) is 3.75. The Bertz CT molecular complexity index is 267. The zero-order valence-corrected chi connectivity index (χ0v) is 8.75. The minimum atomic E-state index is 0.728. The van der Waals surface area contributed by atoms with Crippen LogP contribution in [0, 0.1) is 5.92 Å². The predicted octanol–water partition coefficient (Wildman–Crippen LogP) is 4.14. The first-order valence-corrected chi connectivity index (χ1v) is 4.94. The third-order valence-electron chi connectivity index (χ3n) is 2.12. The maximum Gasteiger partial charge on any atom is -0.0228 e. The van der Waals surface area contributed by atoms with E-state index in [1.54, 1.807) is 0 Å². The maximum atomic E-state index is 2.26. The van der Waals surface area contributed by atoms with E-state index in [2.05, 4.69) is 57.2 Å². The lowest BCUT2D eigenvalue weighted by molar-refractivity contribution is 0.673. The van der Waals surface area contributed by atoms with Crippen LogP contribution in [0.3, 0.4) is 0 Å². The van der Waals surface area contributed by atoms with Crippen molar-refractivity contribution >= 4 is 5.57 Å². The third-order valence-corrected chi connectivity index (χ3v) is 2.12. The molecule has 0 spiro atoms. The fourth-order valence-electron chi connectivity index (χ4n) is 1.49. The molecule has 0 saturated heterocycles. The van der Waals surface area contributed by atoms with Crippen LogP contribution in [0.25, 0.3) is 5.57 Å². The van der Waals surface area contributed by atoms with Crippen molar-refractivity contribution in [3.63, 3.8) is 0 Å². The predicted molar refractivity (Wildman–Crippen MR) is 59.5 cm³/mol. The highest BCUT2D eigenvalue weighted by Gasteiger charge is 2.01. The summed E-state index contributed by atoms with van der Waals surface area (Å²) < 4.78 is 0. The largest absolute Gasteiger partial charge is 0.0838 e. The minimum absolute atomic E-state index is 0.728. The normalized spacial score (nSPS) is 12.2. The highest BCUT2D eigenvalue weighted by atomic mass is 14.1. The second-order valence-electron chi connectivity index (χ2n) is 3.78. The monoisotopic (exact) mass is 174 g/mol. The molecule has 0 fully saturated rings. The zero-order valence-electron chi connectivity index (χ0n) is 8.75. The van der Waals surface area contributed by atoms with Crippen LogP contribution in [-0.2, 0) is 0 Å². The minimum Gasteiger partial charge on any atom is -0.0838 e. The second kappa shape index (κ2) is 4.86. The highest BCUT2D eigenvalue weighted by Crippen LogP contribution is 2.21. The lowest BCUT2D eigenvalue weighted by Crippen LogP contribution is -1.91.